The molecule has 0 aromatic carbocycles. The van der Waals surface area contributed by atoms with E-state index in [1.165, 1.54) is 0 Å². The molecular formula is C3H11NO6SSi. The Bertz CT molecular complexity index is 219. The van der Waals surface area contributed by atoms with Gasteiger partial charge in [0, 0.05) is 6.04 Å². The lowest BCUT2D eigenvalue weighted by atomic mass is 10.5. The largest absolute Gasteiger partial charge is 0.492 e. The molecule has 7 nitrogen and oxygen atoms in total. The molecule has 0 saturated carbocycles. The van der Waals surface area contributed by atoms with Crippen molar-refractivity contribution in [3.8, 4) is 0 Å². The summed E-state index contributed by atoms with van der Waals surface area (Å²) >= 11 is 0. The average molecular weight is 217 g/mol. The Kier molecular flexibility index (Phi) is 4.26. The van der Waals surface area contributed by atoms with Crippen LogP contribution in [0.15, 0.2) is 0 Å². The van der Waals surface area contributed by atoms with Gasteiger partial charge in [0.15, 0.2) is 0 Å². The van der Waals surface area contributed by atoms with Crippen LogP contribution in [0.3, 0.4) is 0 Å². The highest BCUT2D eigenvalue weighted by Gasteiger charge is 2.25. The van der Waals surface area contributed by atoms with Crippen molar-refractivity contribution >= 4 is 19.1 Å². The maximum absolute atomic E-state index is 10.1. The Balaban J connectivity index is 3.48. The van der Waals surface area contributed by atoms with Crippen LogP contribution in [-0.2, 0) is 14.5 Å². The Morgan fingerprint density at radius 1 is 1.33 bits per heavy atom. The van der Waals surface area contributed by atoms with Crippen molar-refractivity contribution in [2.45, 2.75) is 12.5 Å². The van der Waals surface area contributed by atoms with Gasteiger partial charge in [-0.05, 0) is 6.42 Å². The van der Waals surface area contributed by atoms with E-state index in [0.717, 1.165) is 0 Å². The lowest BCUT2D eigenvalue weighted by molar-refractivity contribution is 0.219. The highest BCUT2D eigenvalue weighted by atomic mass is 32.2. The summed E-state index contributed by atoms with van der Waals surface area (Å²) in [6.07, 6.45) is 0.0200. The van der Waals surface area contributed by atoms with Crippen molar-refractivity contribution in [3.63, 3.8) is 0 Å². The molecule has 12 heavy (non-hydrogen) atoms. The van der Waals surface area contributed by atoms with E-state index >= 15 is 0 Å². The standard InChI is InChI=1S/C3H11NO6SSi/c4-11(5,6)10-2-1-3-12(7,8)9/h7-9H,1-3H2,(H2,4,5,6). The van der Waals surface area contributed by atoms with Gasteiger partial charge < -0.3 is 14.4 Å². The Labute approximate surface area is 71.0 Å². The summed E-state index contributed by atoms with van der Waals surface area (Å²) in [6, 6.07) is -0.275. The van der Waals surface area contributed by atoms with Crippen LogP contribution in [0.25, 0.3) is 0 Å². The van der Waals surface area contributed by atoms with E-state index in [1.807, 2.05) is 0 Å². The number of rotatable bonds is 5. The molecule has 0 amide bonds. The predicted molar refractivity (Wildman–Crippen MR) is 40.9 cm³/mol. The maximum Gasteiger partial charge on any atom is 0.492 e. The summed E-state index contributed by atoms with van der Waals surface area (Å²) in [5.74, 6) is 0. The van der Waals surface area contributed by atoms with Gasteiger partial charge in [-0.2, -0.15) is 8.42 Å². The van der Waals surface area contributed by atoms with Gasteiger partial charge in [0.05, 0.1) is 6.61 Å². The van der Waals surface area contributed by atoms with Crippen molar-refractivity contribution in [1.29, 1.82) is 0 Å². The molecule has 0 atom stereocenters. The average Bonchev–Trinajstić information content (AvgIpc) is 1.76. The quantitative estimate of drug-likeness (QED) is 0.298. The van der Waals surface area contributed by atoms with Crippen molar-refractivity contribution in [1.82, 2.24) is 0 Å². The highest BCUT2D eigenvalue weighted by Crippen LogP contribution is 2.01. The van der Waals surface area contributed by atoms with E-state index in [-0.39, 0.29) is 19.1 Å². The van der Waals surface area contributed by atoms with Crippen LogP contribution in [0.5, 0.6) is 0 Å². The van der Waals surface area contributed by atoms with Crippen molar-refractivity contribution < 1.29 is 27.0 Å². The molecule has 0 saturated heterocycles. The number of hydrogen-bond donors (Lipinski definition) is 4. The summed E-state index contributed by atoms with van der Waals surface area (Å²) in [5, 5.41) is 4.46. The topological polar surface area (TPSA) is 130 Å². The maximum atomic E-state index is 10.1. The Hall–Kier alpha value is -0.0331. The molecule has 0 aromatic heterocycles. The molecule has 0 aliphatic heterocycles. The first-order chi connectivity index (χ1) is 5.21. The van der Waals surface area contributed by atoms with Gasteiger partial charge in [0.25, 0.3) is 0 Å². The van der Waals surface area contributed by atoms with Crippen LogP contribution in [0, 0.1) is 0 Å². The third-order valence-corrected chi connectivity index (χ3v) is 2.42. The van der Waals surface area contributed by atoms with Crippen LogP contribution in [0.2, 0.25) is 6.04 Å². The number of nitrogens with two attached hydrogens (primary N) is 1. The summed E-state index contributed by atoms with van der Waals surface area (Å²) in [4.78, 5) is 25.4. The second-order valence-electron chi connectivity index (χ2n) is 2.19. The molecule has 0 unspecified atom stereocenters. The second-order valence-corrected chi connectivity index (χ2v) is 5.46. The zero-order valence-corrected chi connectivity index (χ0v) is 7.99. The Morgan fingerprint density at radius 2 is 1.83 bits per heavy atom. The minimum absolute atomic E-state index is 0.0200. The molecule has 0 aliphatic carbocycles. The van der Waals surface area contributed by atoms with Gasteiger partial charge in [-0.15, -0.1) is 0 Å². The molecule has 0 fully saturated rings. The first-order valence-corrected chi connectivity index (χ1v) is 6.57. The first kappa shape index (κ1) is 12.0. The van der Waals surface area contributed by atoms with E-state index in [9.17, 15) is 8.42 Å². The van der Waals surface area contributed by atoms with Gasteiger partial charge in [0.2, 0.25) is 0 Å². The molecule has 9 heteroatoms. The molecule has 0 radical (unpaired) electrons. The zero-order valence-electron chi connectivity index (χ0n) is 6.17. The minimum Gasteiger partial charge on any atom is -0.390 e. The second kappa shape index (κ2) is 4.27. The predicted octanol–water partition coefficient (Wildman–Crippen LogP) is -2.49. The van der Waals surface area contributed by atoms with Gasteiger partial charge in [0.1, 0.15) is 0 Å². The van der Waals surface area contributed by atoms with Crippen LogP contribution < -0.4 is 5.14 Å². The lowest BCUT2D eigenvalue weighted by Gasteiger charge is -2.07. The molecule has 0 spiro atoms. The summed E-state index contributed by atoms with van der Waals surface area (Å²) < 4.78 is 24.3. The third kappa shape index (κ3) is 9.97. The van der Waals surface area contributed by atoms with Gasteiger partial charge in [-0.3, -0.25) is 4.18 Å². The summed E-state index contributed by atoms with van der Waals surface area (Å²) in [5.41, 5.74) is 0. The zero-order chi connectivity index (χ0) is 9.83. The van der Waals surface area contributed by atoms with Crippen molar-refractivity contribution in [3.05, 3.63) is 0 Å². The van der Waals surface area contributed by atoms with E-state index < -0.39 is 19.1 Å². The monoisotopic (exact) mass is 217 g/mol. The third-order valence-electron chi connectivity index (χ3n) is 0.904. The molecule has 5 N–H and O–H groups in total. The molecule has 0 aromatic rings. The van der Waals surface area contributed by atoms with E-state index in [2.05, 4.69) is 9.32 Å². The molecule has 0 rings (SSSR count). The SMILES string of the molecule is NS(=O)(=O)OCCC[Si](O)(O)O. The fraction of sp³-hybridized carbons (Fsp3) is 1.00. The fourth-order valence-corrected chi connectivity index (χ4v) is 1.45. The van der Waals surface area contributed by atoms with Crippen LogP contribution in [0.1, 0.15) is 6.42 Å². The molecule has 0 heterocycles. The van der Waals surface area contributed by atoms with Gasteiger partial charge in [-0.1, -0.05) is 0 Å². The molecule has 0 bridgehead atoms. The minimum atomic E-state index is -4.07. The molecule has 0 aliphatic rings. The van der Waals surface area contributed by atoms with Crippen molar-refractivity contribution in [2.75, 3.05) is 6.61 Å². The number of hydrogen-bond acceptors (Lipinski definition) is 6. The Morgan fingerprint density at radius 3 is 2.17 bits per heavy atom. The van der Waals surface area contributed by atoms with Crippen LogP contribution >= 0.6 is 0 Å². The van der Waals surface area contributed by atoms with E-state index in [4.69, 9.17) is 14.4 Å². The van der Waals surface area contributed by atoms with Crippen LogP contribution in [0.4, 0.5) is 0 Å². The summed E-state index contributed by atoms with van der Waals surface area (Å²) in [7, 11) is -8.04. The van der Waals surface area contributed by atoms with Gasteiger partial charge >= 0.3 is 19.1 Å². The molecular weight excluding hydrogens is 206 g/mol. The highest BCUT2D eigenvalue weighted by molar-refractivity contribution is 7.84. The molecule has 74 valence electrons. The smallest absolute Gasteiger partial charge is 0.390 e. The van der Waals surface area contributed by atoms with Crippen molar-refractivity contribution in [2.24, 2.45) is 5.14 Å². The summed E-state index contributed by atoms with van der Waals surface area (Å²) in [6.45, 7) is -0.269. The lowest BCUT2D eigenvalue weighted by Crippen LogP contribution is -2.34. The fourth-order valence-electron chi connectivity index (χ4n) is 0.484. The van der Waals surface area contributed by atoms with E-state index in [1.54, 1.807) is 0 Å². The van der Waals surface area contributed by atoms with Crippen LogP contribution in [-0.4, -0.2) is 38.2 Å². The normalized spacial score (nSPS) is 13.3. The first-order valence-electron chi connectivity index (χ1n) is 3.05. The van der Waals surface area contributed by atoms with E-state index in [0.29, 0.717) is 0 Å². The van der Waals surface area contributed by atoms with Gasteiger partial charge in [-0.25, -0.2) is 5.14 Å².